The lowest BCUT2D eigenvalue weighted by atomic mass is 10.00. The van der Waals surface area contributed by atoms with E-state index in [1.807, 2.05) is 0 Å². The number of rotatable bonds is 3. The van der Waals surface area contributed by atoms with E-state index in [1.54, 1.807) is 24.3 Å². The van der Waals surface area contributed by atoms with E-state index in [-0.39, 0.29) is 23.4 Å². The summed E-state index contributed by atoms with van der Waals surface area (Å²) in [7, 11) is 0. The Kier molecular flexibility index (Phi) is 3.98. The van der Waals surface area contributed by atoms with Gasteiger partial charge < -0.3 is 0 Å². The lowest BCUT2D eigenvalue weighted by Gasteiger charge is -2.09. The Morgan fingerprint density at radius 1 is 1.00 bits per heavy atom. The molecule has 6 nitrogen and oxygen atoms in total. The minimum atomic E-state index is -4.37. The predicted molar refractivity (Wildman–Crippen MR) is 89.9 cm³/mol. The van der Waals surface area contributed by atoms with E-state index in [1.165, 1.54) is 12.1 Å². The van der Waals surface area contributed by atoms with Gasteiger partial charge in [-0.3, -0.25) is 9.78 Å². The van der Waals surface area contributed by atoms with Crippen molar-refractivity contribution in [3.8, 4) is 11.1 Å². The van der Waals surface area contributed by atoms with E-state index in [2.05, 4.69) is 24.9 Å². The quantitative estimate of drug-likeness (QED) is 0.594. The number of aromatic nitrogens is 4. The van der Waals surface area contributed by atoms with Crippen LogP contribution in [0.3, 0.4) is 0 Å². The number of nitrogens with zero attached hydrogens (tertiary/aromatic N) is 3. The summed E-state index contributed by atoms with van der Waals surface area (Å²) in [4.78, 5) is 18.8. The molecule has 0 aliphatic carbocycles. The van der Waals surface area contributed by atoms with Crippen molar-refractivity contribution in [1.82, 2.24) is 20.3 Å². The van der Waals surface area contributed by atoms with Gasteiger partial charge in [-0.05, 0) is 39.1 Å². The number of hydrogen-bond acceptors (Lipinski definition) is 5. The molecular weight excluding hydrogens is 361 g/mol. The van der Waals surface area contributed by atoms with Gasteiger partial charge in [-0.25, -0.2) is 9.61 Å². The number of benzene rings is 2. The summed E-state index contributed by atoms with van der Waals surface area (Å²) in [6, 6.07) is 12.1. The summed E-state index contributed by atoms with van der Waals surface area (Å²) in [6.45, 7) is 0. The maximum Gasteiger partial charge on any atom is 0.416 e. The molecule has 27 heavy (non-hydrogen) atoms. The van der Waals surface area contributed by atoms with Crippen LogP contribution in [0.4, 0.5) is 13.2 Å². The molecule has 0 aliphatic heterocycles. The van der Waals surface area contributed by atoms with Crippen LogP contribution in [0.1, 0.15) is 16.8 Å². The van der Waals surface area contributed by atoms with Crippen molar-refractivity contribution in [2.45, 2.75) is 12.6 Å². The molecule has 1 N–H and O–H groups in total. The van der Waals surface area contributed by atoms with Crippen LogP contribution < -0.4 is 5.56 Å². The maximum absolute atomic E-state index is 12.7. The monoisotopic (exact) mass is 372 g/mol. The average molecular weight is 372 g/mol. The van der Waals surface area contributed by atoms with Gasteiger partial charge >= 0.3 is 6.18 Å². The molecule has 0 saturated heterocycles. The molecule has 136 valence electrons. The van der Waals surface area contributed by atoms with Crippen molar-refractivity contribution < 1.29 is 17.8 Å². The Bertz CT molecular complexity index is 1160. The first-order valence-corrected chi connectivity index (χ1v) is 7.88. The molecule has 2 heterocycles. The first-order valence-electron chi connectivity index (χ1n) is 7.88. The second-order valence-electron chi connectivity index (χ2n) is 5.90. The van der Waals surface area contributed by atoms with Gasteiger partial charge in [0, 0.05) is 6.42 Å². The first kappa shape index (κ1) is 17.0. The minimum absolute atomic E-state index is 0.169. The molecule has 0 atom stereocenters. The van der Waals surface area contributed by atoms with E-state index in [9.17, 15) is 18.0 Å². The topological polar surface area (TPSA) is 84.7 Å². The van der Waals surface area contributed by atoms with Crippen LogP contribution in [0.25, 0.3) is 22.4 Å². The van der Waals surface area contributed by atoms with Crippen molar-refractivity contribution in [2.24, 2.45) is 0 Å². The molecule has 9 heteroatoms. The summed E-state index contributed by atoms with van der Waals surface area (Å²) in [5, 5.41) is 7.12. The molecule has 0 amide bonds. The number of halogens is 3. The molecular formula is C18H11F3N4O2. The van der Waals surface area contributed by atoms with Gasteiger partial charge in [-0.1, -0.05) is 36.4 Å². The molecule has 4 rings (SSSR count). The summed E-state index contributed by atoms with van der Waals surface area (Å²) >= 11 is 0. The fourth-order valence-electron chi connectivity index (χ4n) is 2.72. The van der Waals surface area contributed by atoms with Crippen LogP contribution in [-0.2, 0) is 12.6 Å². The number of hydrogen-bond donors (Lipinski definition) is 1. The van der Waals surface area contributed by atoms with E-state index in [0.717, 1.165) is 23.3 Å². The highest BCUT2D eigenvalue weighted by atomic mass is 19.4. The lowest BCUT2D eigenvalue weighted by molar-refractivity contribution is -0.137. The molecule has 4 aromatic rings. The van der Waals surface area contributed by atoms with Gasteiger partial charge in [0.2, 0.25) is 11.3 Å². The smallest absolute Gasteiger partial charge is 0.299 e. The molecule has 0 radical (unpaired) electrons. The number of alkyl halides is 3. The second-order valence-corrected chi connectivity index (χ2v) is 5.90. The highest BCUT2D eigenvalue weighted by Gasteiger charge is 2.29. The largest absolute Gasteiger partial charge is 0.416 e. The number of fused-ring (bicyclic) bond motifs is 1. The standard InChI is InChI=1S/C18H11F3N4O2/c19-18(20,21)13-6-4-11(5-7-13)12-3-1-2-10(8-12)9-14-17(26)23-16-15(22-14)24-27-25-16/h1-8H,9H2,(H,23,25,26). The summed E-state index contributed by atoms with van der Waals surface area (Å²) < 4.78 is 42.6. The fraction of sp³-hybridized carbons (Fsp3) is 0.111. The third-order valence-electron chi connectivity index (χ3n) is 4.05. The average Bonchev–Trinajstić information content (AvgIpc) is 3.09. The van der Waals surface area contributed by atoms with E-state index >= 15 is 0 Å². The Labute approximate surface area is 149 Å². The zero-order chi connectivity index (χ0) is 19.0. The van der Waals surface area contributed by atoms with Crippen LogP contribution in [0.15, 0.2) is 58.0 Å². The molecule has 0 spiro atoms. The fourth-order valence-corrected chi connectivity index (χ4v) is 2.72. The van der Waals surface area contributed by atoms with Crippen molar-refractivity contribution in [2.75, 3.05) is 0 Å². The van der Waals surface area contributed by atoms with Crippen molar-refractivity contribution in [3.63, 3.8) is 0 Å². The highest BCUT2D eigenvalue weighted by Crippen LogP contribution is 2.31. The molecule has 2 aromatic carbocycles. The molecule has 0 unspecified atom stereocenters. The van der Waals surface area contributed by atoms with E-state index in [4.69, 9.17) is 0 Å². The summed E-state index contributed by atoms with van der Waals surface area (Å²) in [5.74, 6) is 0. The van der Waals surface area contributed by atoms with Gasteiger partial charge in [-0.15, -0.1) is 0 Å². The third kappa shape index (κ3) is 3.43. The Morgan fingerprint density at radius 2 is 1.78 bits per heavy atom. The first-order chi connectivity index (χ1) is 12.9. The van der Waals surface area contributed by atoms with Gasteiger partial charge in [0.25, 0.3) is 5.56 Å². The third-order valence-corrected chi connectivity index (χ3v) is 4.05. The minimum Gasteiger partial charge on any atom is -0.299 e. The maximum atomic E-state index is 12.7. The van der Waals surface area contributed by atoms with E-state index in [0.29, 0.717) is 5.56 Å². The number of H-pyrrole nitrogens is 1. The number of aromatic amines is 1. The van der Waals surface area contributed by atoms with Gasteiger partial charge in [0.1, 0.15) is 5.69 Å². The van der Waals surface area contributed by atoms with Crippen LogP contribution in [0.5, 0.6) is 0 Å². The summed E-state index contributed by atoms with van der Waals surface area (Å²) in [6.07, 6.45) is -4.14. The highest BCUT2D eigenvalue weighted by molar-refractivity contribution is 5.65. The molecule has 0 saturated carbocycles. The second kappa shape index (κ2) is 6.35. The SMILES string of the molecule is O=c1[nH]c2nonc2nc1Cc1cccc(-c2ccc(C(F)(F)F)cc2)c1. The molecule has 0 aliphatic rings. The Balaban J connectivity index is 1.64. The van der Waals surface area contributed by atoms with Gasteiger partial charge in [0.05, 0.1) is 5.56 Å². The number of nitrogens with one attached hydrogen (secondary N) is 1. The molecule has 0 fully saturated rings. The molecule has 0 bridgehead atoms. The summed E-state index contributed by atoms with van der Waals surface area (Å²) in [5.41, 5.74) is 1.66. The van der Waals surface area contributed by atoms with Crippen molar-refractivity contribution in [1.29, 1.82) is 0 Å². The van der Waals surface area contributed by atoms with Gasteiger partial charge in [0.15, 0.2) is 0 Å². The van der Waals surface area contributed by atoms with Crippen molar-refractivity contribution in [3.05, 3.63) is 75.7 Å². The van der Waals surface area contributed by atoms with Crippen LogP contribution in [0, 0.1) is 0 Å². The van der Waals surface area contributed by atoms with Crippen LogP contribution in [0.2, 0.25) is 0 Å². The molecule has 2 aromatic heterocycles. The van der Waals surface area contributed by atoms with E-state index < -0.39 is 17.3 Å². The van der Waals surface area contributed by atoms with Crippen LogP contribution >= 0.6 is 0 Å². The predicted octanol–water partition coefficient (Wildman–Crippen LogP) is 3.58. The zero-order valence-electron chi connectivity index (χ0n) is 13.6. The van der Waals surface area contributed by atoms with Gasteiger partial charge in [-0.2, -0.15) is 13.2 Å². The lowest BCUT2D eigenvalue weighted by Crippen LogP contribution is -2.15. The van der Waals surface area contributed by atoms with Crippen LogP contribution in [-0.4, -0.2) is 20.3 Å². The Morgan fingerprint density at radius 3 is 2.52 bits per heavy atom. The van der Waals surface area contributed by atoms with Crippen molar-refractivity contribution >= 4 is 11.3 Å². The normalized spacial score (nSPS) is 11.8. The zero-order valence-corrected chi connectivity index (χ0v) is 13.6. The Hall–Kier alpha value is -3.49.